The Morgan fingerprint density at radius 1 is 0.680 bits per heavy atom. The van der Waals surface area contributed by atoms with Crippen molar-refractivity contribution in [1.82, 2.24) is 14.5 Å². The number of fused-ring (bicyclic) bond motifs is 7. The van der Waals surface area contributed by atoms with Gasteiger partial charge in [0.2, 0.25) is 5.71 Å². The molecule has 4 nitrogen and oxygen atoms in total. The van der Waals surface area contributed by atoms with Crippen molar-refractivity contribution in [2.45, 2.75) is 65.6 Å². The summed E-state index contributed by atoms with van der Waals surface area (Å²) in [7, 11) is 0. The van der Waals surface area contributed by atoms with Crippen molar-refractivity contribution in [1.29, 1.82) is 0 Å². The molecule has 0 saturated carbocycles. The number of imidazole rings is 1. The van der Waals surface area contributed by atoms with Crippen LogP contribution in [0.1, 0.15) is 85.3 Å². The molecular weight excluding hydrogens is 611 g/mol. The highest BCUT2D eigenvalue weighted by Gasteiger charge is 2.37. The van der Waals surface area contributed by atoms with Crippen molar-refractivity contribution in [3.05, 3.63) is 137 Å². The van der Waals surface area contributed by atoms with Crippen LogP contribution in [0, 0.1) is 6.85 Å². The molecule has 5 aromatic carbocycles. The maximum Gasteiger partial charge on any atom is 0.227 e. The number of nitrogens with zero attached hydrogens (tertiary/aromatic N) is 3. The van der Waals surface area contributed by atoms with Gasteiger partial charge in [-0.25, -0.2) is 9.97 Å². The van der Waals surface area contributed by atoms with E-state index in [1.165, 1.54) is 11.1 Å². The maximum atomic E-state index is 8.67. The Hall–Kier alpha value is -5.48. The fourth-order valence-corrected chi connectivity index (χ4v) is 8.10. The molecule has 0 amide bonds. The first-order valence-electron chi connectivity index (χ1n) is 19.1. The lowest BCUT2D eigenvalue weighted by Crippen LogP contribution is -2.14. The molecule has 4 heteroatoms. The third kappa shape index (κ3) is 4.37. The highest BCUT2D eigenvalue weighted by molar-refractivity contribution is 6.10. The van der Waals surface area contributed by atoms with Crippen molar-refractivity contribution in [3.8, 4) is 39.5 Å². The zero-order chi connectivity index (χ0) is 37.0. The zero-order valence-corrected chi connectivity index (χ0v) is 29.3. The second-order valence-corrected chi connectivity index (χ2v) is 14.8. The topological polar surface area (TPSA) is 43.9 Å². The van der Waals surface area contributed by atoms with Crippen LogP contribution in [0.15, 0.2) is 114 Å². The monoisotopic (exact) mass is 654 g/mol. The predicted molar refractivity (Wildman–Crippen MR) is 207 cm³/mol. The van der Waals surface area contributed by atoms with Crippen LogP contribution in [-0.2, 0) is 5.41 Å². The van der Waals surface area contributed by atoms with E-state index in [0.717, 1.165) is 55.5 Å². The van der Waals surface area contributed by atoms with Crippen molar-refractivity contribution in [3.63, 3.8) is 0 Å². The summed E-state index contributed by atoms with van der Waals surface area (Å²) >= 11 is 0. The molecular formula is C46H41N3O. The quantitative estimate of drug-likeness (QED) is 0.185. The van der Waals surface area contributed by atoms with Gasteiger partial charge in [-0.2, -0.15) is 0 Å². The van der Waals surface area contributed by atoms with Crippen LogP contribution in [-0.4, -0.2) is 14.5 Å². The Kier molecular flexibility index (Phi) is 6.03. The lowest BCUT2D eigenvalue weighted by atomic mass is 9.82. The molecule has 0 bridgehead atoms. The summed E-state index contributed by atoms with van der Waals surface area (Å²) < 4.78 is 34.9. The molecule has 50 heavy (non-hydrogen) atoms. The van der Waals surface area contributed by atoms with Crippen LogP contribution in [0.3, 0.4) is 0 Å². The van der Waals surface area contributed by atoms with Gasteiger partial charge in [-0.15, -0.1) is 0 Å². The molecule has 3 aromatic heterocycles. The van der Waals surface area contributed by atoms with Gasteiger partial charge in [0.05, 0.1) is 28.0 Å². The van der Waals surface area contributed by atoms with E-state index in [0.29, 0.717) is 28.2 Å². The molecule has 246 valence electrons. The number of furan rings is 1. The Bertz CT molecular complexity index is 2720. The molecule has 1 aliphatic rings. The molecule has 8 aromatic rings. The Morgan fingerprint density at radius 3 is 2.12 bits per heavy atom. The van der Waals surface area contributed by atoms with Crippen LogP contribution in [0.5, 0.6) is 0 Å². The average Bonchev–Trinajstić information content (AvgIpc) is 3.78. The van der Waals surface area contributed by atoms with Crippen LogP contribution in [0.25, 0.3) is 72.6 Å². The highest BCUT2D eigenvalue weighted by Crippen LogP contribution is 2.50. The predicted octanol–water partition coefficient (Wildman–Crippen LogP) is 12.5. The van der Waals surface area contributed by atoms with Crippen LogP contribution < -0.4 is 0 Å². The van der Waals surface area contributed by atoms with E-state index in [-0.39, 0.29) is 22.8 Å². The second-order valence-electron chi connectivity index (χ2n) is 14.8. The Labute approximate surface area is 297 Å². The minimum Gasteiger partial charge on any atom is -0.437 e. The van der Waals surface area contributed by atoms with Crippen molar-refractivity contribution >= 4 is 33.1 Å². The van der Waals surface area contributed by atoms with E-state index in [1.54, 1.807) is 12.1 Å². The number of aryl methyl sites for hydroxylation is 1. The summed E-state index contributed by atoms with van der Waals surface area (Å²) in [6.45, 7) is 10.9. The molecule has 0 aliphatic heterocycles. The number of hydrogen-bond donors (Lipinski definition) is 0. The smallest absolute Gasteiger partial charge is 0.227 e. The number of rotatable bonds is 5. The van der Waals surface area contributed by atoms with Gasteiger partial charge >= 0.3 is 0 Å². The number of aromatic nitrogens is 3. The van der Waals surface area contributed by atoms with E-state index in [1.807, 2.05) is 24.3 Å². The third-order valence-electron chi connectivity index (χ3n) is 10.7. The van der Waals surface area contributed by atoms with Gasteiger partial charge in [0.15, 0.2) is 0 Å². The summed E-state index contributed by atoms with van der Waals surface area (Å²) in [6.07, 6.45) is 0. The SMILES string of the molecule is [2H]C([2H])([2H])c1cccc2nc(-c3cccc4c3oc3nc5c(cc34)C(C)(C)c3ccccc3-5)n(-c3c(C(C)C)cc(-c4ccccc4)cc3C(C)C)c12. The molecule has 9 rings (SSSR count). The molecule has 1 aliphatic carbocycles. The van der Waals surface area contributed by atoms with Crippen molar-refractivity contribution in [2.24, 2.45) is 0 Å². The molecule has 0 fully saturated rings. The van der Waals surface area contributed by atoms with E-state index in [2.05, 4.69) is 119 Å². The van der Waals surface area contributed by atoms with Gasteiger partial charge in [0.1, 0.15) is 11.4 Å². The van der Waals surface area contributed by atoms with Gasteiger partial charge in [-0.3, -0.25) is 4.57 Å². The maximum absolute atomic E-state index is 8.67. The van der Waals surface area contributed by atoms with Crippen LogP contribution >= 0.6 is 0 Å². The normalized spacial score (nSPS) is 14.8. The van der Waals surface area contributed by atoms with Gasteiger partial charge in [0, 0.05) is 25.9 Å². The molecule has 0 spiro atoms. The third-order valence-corrected chi connectivity index (χ3v) is 10.7. The number of benzene rings is 5. The first-order chi connectivity index (χ1) is 25.3. The summed E-state index contributed by atoms with van der Waals surface area (Å²) in [5, 5.41) is 1.90. The average molecular weight is 655 g/mol. The van der Waals surface area contributed by atoms with Gasteiger partial charge in [-0.05, 0) is 88.0 Å². The van der Waals surface area contributed by atoms with Gasteiger partial charge in [-0.1, -0.05) is 120 Å². The Balaban J connectivity index is 1.38. The minimum atomic E-state index is -2.37. The first kappa shape index (κ1) is 27.4. The number of para-hydroxylation sites is 2. The van der Waals surface area contributed by atoms with Gasteiger partial charge in [0.25, 0.3) is 0 Å². The largest absolute Gasteiger partial charge is 0.437 e. The zero-order valence-electron chi connectivity index (χ0n) is 32.3. The summed E-state index contributed by atoms with van der Waals surface area (Å²) in [5.41, 5.74) is 13.3. The van der Waals surface area contributed by atoms with Gasteiger partial charge < -0.3 is 4.42 Å². The molecule has 0 saturated heterocycles. The highest BCUT2D eigenvalue weighted by atomic mass is 16.3. The Morgan fingerprint density at radius 2 is 1.38 bits per heavy atom. The van der Waals surface area contributed by atoms with E-state index in [9.17, 15) is 0 Å². The van der Waals surface area contributed by atoms with Crippen molar-refractivity contribution < 1.29 is 8.53 Å². The standard InChI is InChI=1S/C46H41N3O/c1-26(2)34-23-30(29-16-9-8-10-17-29)24-35(27(3)4)42(34)49-41-28(5)15-13-22-39(41)47-44(49)33-20-14-19-31-36-25-38-40(48-45(36)50-43(31)33)32-18-11-12-21-37(32)46(38,6)7/h8-27H,1-7H3/i5D3. The van der Waals surface area contributed by atoms with E-state index >= 15 is 0 Å². The minimum absolute atomic E-state index is 0.121. The molecule has 3 heterocycles. The summed E-state index contributed by atoms with van der Waals surface area (Å²) in [5.74, 6) is 0.878. The van der Waals surface area contributed by atoms with Crippen LogP contribution in [0.2, 0.25) is 0 Å². The van der Waals surface area contributed by atoms with Crippen molar-refractivity contribution in [2.75, 3.05) is 0 Å². The van der Waals surface area contributed by atoms with Crippen LogP contribution in [0.4, 0.5) is 0 Å². The summed E-state index contributed by atoms with van der Waals surface area (Å²) in [4.78, 5) is 10.5. The fourth-order valence-electron chi connectivity index (χ4n) is 8.10. The fraction of sp³-hybridized carbons (Fsp3) is 0.217. The molecule has 0 radical (unpaired) electrons. The number of hydrogen-bond acceptors (Lipinski definition) is 3. The lowest BCUT2D eigenvalue weighted by Gasteiger charge is -2.24. The van der Waals surface area contributed by atoms with E-state index in [4.69, 9.17) is 18.5 Å². The first-order valence-corrected chi connectivity index (χ1v) is 17.6. The number of pyridine rings is 1. The van der Waals surface area contributed by atoms with E-state index < -0.39 is 6.85 Å². The molecule has 0 unspecified atom stereocenters. The lowest BCUT2D eigenvalue weighted by molar-refractivity contribution is 0.647. The summed E-state index contributed by atoms with van der Waals surface area (Å²) in [6, 6.07) is 37.3. The second kappa shape index (κ2) is 11.0. The molecule has 0 atom stereocenters. The molecule has 0 N–H and O–H groups in total.